The van der Waals surface area contributed by atoms with Crippen molar-refractivity contribution in [3.63, 3.8) is 0 Å². The van der Waals surface area contributed by atoms with Crippen LogP contribution in [0.1, 0.15) is 41.3 Å². The molecule has 0 atom stereocenters. The summed E-state index contributed by atoms with van der Waals surface area (Å²) in [6.45, 7) is 2.76. The minimum atomic E-state index is -0.563. The standard InChI is InChI=1S/C29H27NO7/c1-4-5-16-35-23-13-7-20(8-14-23)27-30-24(29(32)37-27)17-19-6-15-25(26(18-19)34-3)36-28(31)21-9-11-22(33-2)12-10-21/h6-15,17-18H,4-5,16H2,1-3H3/b24-17-. The Hall–Kier alpha value is -4.59. The van der Waals surface area contributed by atoms with E-state index in [0.717, 1.165) is 18.6 Å². The Balaban J connectivity index is 1.48. The molecule has 37 heavy (non-hydrogen) atoms. The summed E-state index contributed by atoms with van der Waals surface area (Å²) in [4.78, 5) is 29.3. The third-order valence-corrected chi connectivity index (χ3v) is 5.51. The highest BCUT2D eigenvalue weighted by molar-refractivity contribution is 6.12. The minimum Gasteiger partial charge on any atom is -0.497 e. The lowest BCUT2D eigenvalue weighted by Crippen LogP contribution is -2.09. The van der Waals surface area contributed by atoms with Gasteiger partial charge in [-0.15, -0.1) is 0 Å². The second-order valence-corrected chi connectivity index (χ2v) is 8.09. The number of ether oxygens (including phenoxy) is 5. The molecule has 0 unspecified atom stereocenters. The van der Waals surface area contributed by atoms with Gasteiger partial charge in [-0.3, -0.25) is 0 Å². The molecule has 190 valence electrons. The molecule has 0 fully saturated rings. The number of carbonyl (C=O) groups excluding carboxylic acids is 2. The van der Waals surface area contributed by atoms with Gasteiger partial charge in [-0.1, -0.05) is 19.4 Å². The van der Waals surface area contributed by atoms with Crippen molar-refractivity contribution in [1.29, 1.82) is 0 Å². The number of methoxy groups -OCH3 is 2. The number of nitrogens with zero attached hydrogens (tertiary/aromatic N) is 1. The first kappa shape index (κ1) is 25.5. The number of hydrogen-bond acceptors (Lipinski definition) is 8. The molecule has 4 rings (SSSR count). The summed E-state index contributed by atoms with van der Waals surface area (Å²) in [6, 6.07) is 18.7. The van der Waals surface area contributed by atoms with Crippen LogP contribution >= 0.6 is 0 Å². The largest absolute Gasteiger partial charge is 0.497 e. The summed E-state index contributed by atoms with van der Waals surface area (Å²) < 4.78 is 27.0. The Morgan fingerprint density at radius 3 is 2.32 bits per heavy atom. The average Bonchev–Trinajstić information content (AvgIpc) is 3.29. The molecule has 0 aromatic heterocycles. The van der Waals surface area contributed by atoms with Crippen molar-refractivity contribution in [2.24, 2.45) is 4.99 Å². The zero-order valence-electron chi connectivity index (χ0n) is 20.9. The highest BCUT2D eigenvalue weighted by atomic mass is 16.6. The molecule has 0 spiro atoms. The summed E-state index contributed by atoms with van der Waals surface area (Å²) >= 11 is 0. The number of aliphatic imine (C=N–C) groups is 1. The van der Waals surface area contributed by atoms with Gasteiger partial charge in [0.25, 0.3) is 0 Å². The van der Waals surface area contributed by atoms with Crippen molar-refractivity contribution in [2.75, 3.05) is 20.8 Å². The number of unbranched alkanes of at least 4 members (excludes halogenated alkanes) is 1. The molecule has 8 nitrogen and oxygen atoms in total. The van der Waals surface area contributed by atoms with Crippen LogP contribution in [0.4, 0.5) is 0 Å². The van der Waals surface area contributed by atoms with E-state index in [-0.39, 0.29) is 17.3 Å². The molecule has 0 aliphatic carbocycles. The quantitative estimate of drug-likeness (QED) is 0.158. The number of carbonyl (C=O) groups is 2. The maximum absolute atomic E-state index is 12.5. The first-order chi connectivity index (χ1) is 18.0. The van der Waals surface area contributed by atoms with Crippen molar-refractivity contribution in [1.82, 2.24) is 0 Å². The van der Waals surface area contributed by atoms with Crippen LogP contribution < -0.4 is 18.9 Å². The smallest absolute Gasteiger partial charge is 0.363 e. The van der Waals surface area contributed by atoms with Gasteiger partial charge in [0.1, 0.15) is 11.5 Å². The van der Waals surface area contributed by atoms with Gasteiger partial charge in [0.05, 0.1) is 26.4 Å². The van der Waals surface area contributed by atoms with E-state index < -0.39 is 11.9 Å². The van der Waals surface area contributed by atoms with Crippen LogP contribution in [-0.2, 0) is 9.53 Å². The summed E-state index contributed by atoms with van der Waals surface area (Å²) in [5, 5.41) is 0. The molecule has 0 bridgehead atoms. The highest BCUT2D eigenvalue weighted by Crippen LogP contribution is 2.31. The van der Waals surface area contributed by atoms with Crippen LogP contribution in [0.25, 0.3) is 6.08 Å². The first-order valence-corrected chi connectivity index (χ1v) is 11.8. The van der Waals surface area contributed by atoms with Gasteiger partial charge in [0.15, 0.2) is 17.2 Å². The molecule has 8 heteroatoms. The van der Waals surface area contributed by atoms with Gasteiger partial charge in [0.2, 0.25) is 5.90 Å². The Labute approximate surface area is 215 Å². The second kappa shape index (κ2) is 11.9. The molecule has 1 aliphatic rings. The van der Waals surface area contributed by atoms with Crippen molar-refractivity contribution in [3.8, 4) is 23.0 Å². The maximum Gasteiger partial charge on any atom is 0.363 e. The number of rotatable bonds is 10. The molecule has 1 heterocycles. The number of esters is 2. The predicted octanol–water partition coefficient (Wildman–Crippen LogP) is 5.45. The van der Waals surface area contributed by atoms with Crippen LogP contribution in [0.3, 0.4) is 0 Å². The van der Waals surface area contributed by atoms with Gasteiger partial charge in [-0.05, 0) is 78.7 Å². The van der Waals surface area contributed by atoms with E-state index in [1.54, 1.807) is 67.8 Å². The lowest BCUT2D eigenvalue weighted by molar-refractivity contribution is -0.129. The SMILES string of the molecule is CCCCOc1ccc(C2=N/C(=C\c3ccc(OC(=O)c4ccc(OC)cc4)c(OC)c3)C(=O)O2)cc1. The van der Waals surface area contributed by atoms with Crippen LogP contribution in [0.2, 0.25) is 0 Å². The molecule has 3 aromatic rings. The topological polar surface area (TPSA) is 92.7 Å². The second-order valence-electron chi connectivity index (χ2n) is 8.09. The average molecular weight is 502 g/mol. The fourth-order valence-corrected chi connectivity index (χ4v) is 3.46. The summed E-state index contributed by atoms with van der Waals surface area (Å²) in [5.74, 6) is 1.06. The monoisotopic (exact) mass is 501 g/mol. The lowest BCUT2D eigenvalue weighted by Gasteiger charge is -2.10. The molecular formula is C29H27NO7. The molecule has 1 aliphatic heterocycles. The Morgan fingerprint density at radius 1 is 0.919 bits per heavy atom. The van der Waals surface area contributed by atoms with E-state index in [9.17, 15) is 9.59 Å². The zero-order valence-corrected chi connectivity index (χ0v) is 20.9. The fraction of sp³-hybridized carbons (Fsp3) is 0.207. The molecule has 0 N–H and O–H groups in total. The number of cyclic esters (lactones) is 1. The van der Waals surface area contributed by atoms with Crippen LogP contribution in [0.5, 0.6) is 23.0 Å². The van der Waals surface area contributed by atoms with Gasteiger partial charge < -0.3 is 23.7 Å². The van der Waals surface area contributed by atoms with E-state index in [1.807, 2.05) is 12.1 Å². The van der Waals surface area contributed by atoms with E-state index in [1.165, 1.54) is 7.11 Å². The minimum absolute atomic E-state index is 0.142. The molecule has 0 saturated carbocycles. The molecule has 0 radical (unpaired) electrons. The molecular weight excluding hydrogens is 474 g/mol. The lowest BCUT2D eigenvalue weighted by atomic mass is 10.1. The third-order valence-electron chi connectivity index (χ3n) is 5.51. The molecule has 3 aromatic carbocycles. The van der Waals surface area contributed by atoms with Gasteiger partial charge >= 0.3 is 11.9 Å². The highest BCUT2D eigenvalue weighted by Gasteiger charge is 2.24. The Kier molecular flexibility index (Phi) is 8.20. The molecule has 0 amide bonds. The van der Waals surface area contributed by atoms with E-state index in [0.29, 0.717) is 34.8 Å². The van der Waals surface area contributed by atoms with Crippen molar-refractivity contribution in [2.45, 2.75) is 19.8 Å². The Morgan fingerprint density at radius 2 is 1.65 bits per heavy atom. The van der Waals surface area contributed by atoms with Crippen molar-refractivity contribution in [3.05, 3.63) is 89.1 Å². The van der Waals surface area contributed by atoms with Crippen LogP contribution in [0.15, 0.2) is 77.4 Å². The molecule has 0 saturated heterocycles. The Bertz CT molecular complexity index is 1330. The number of hydrogen-bond donors (Lipinski definition) is 0. The van der Waals surface area contributed by atoms with E-state index in [2.05, 4.69) is 11.9 Å². The normalized spacial score (nSPS) is 13.6. The van der Waals surface area contributed by atoms with Crippen molar-refractivity contribution < 1.29 is 33.3 Å². The predicted molar refractivity (Wildman–Crippen MR) is 138 cm³/mol. The zero-order chi connectivity index (χ0) is 26.2. The maximum atomic E-state index is 12.5. The van der Waals surface area contributed by atoms with Crippen molar-refractivity contribution >= 4 is 23.9 Å². The van der Waals surface area contributed by atoms with Crippen LogP contribution in [-0.4, -0.2) is 38.7 Å². The summed E-state index contributed by atoms with van der Waals surface area (Å²) in [5.41, 5.74) is 1.80. The van der Waals surface area contributed by atoms with Gasteiger partial charge in [-0.2, -0.15) is 0 Å². The van der Waals surface area contributed by atoms with Crippen LogP contribution in [0, 0.1) is 0 Å². The van der Waals surface area contributed by atoms with Gasteiger partial charge in [0, 0.05) is 5.56 Å². The summed E-state index contributed by atoms with van der Waals surface area (Å²) in [7, 11) is 3.01. The number of benzene rings is 3. The van der Waals surface area contributed by atoms with Gasteiger partial charge in [-0.25, -0.2) is 14.6 Å². The van der Waals surface area contributed by atoms with E-state index in [4.69, 9.17) is 23.7 Å². The third kappa shape index (κ3) is 6.35. The summed E-state index contributed by atoms with van der Waals surface area (Å²) in [6.07, 6.45) is 3.62. The fourth-order valence-electron chi connectivity index (χ4n) is 3.46. The van der Waals surface area contributed by atoms with E-state index >= 15 is 0 Å². The first-order valence-electron chi connectivity index (χ1n) is 11.8.